The molecular formula is C24H34FIN4OS. The summed E-state index contributed by atoms with van der Waals surface area (Å²) in [6, 6.07) is 11.0. The van der Waals surface area contributed by atoms with Crippen molar-refractivity contribution in [3.63, 3.8) is 0 Å². The number of benzene rings is 1. The van der Waals surface area contributed by atoms with Crippen molar-refractivity contribution in [1.29, 1.82) is 0 Å². The summed E-state index contributed by atoms with van der Waals surface area (Å²) in [5, 5.41) is 5.78. The van der Waals surface area contributed by atoms with E-state index in [4.69, 9.17) is 4.74 Å². The Balaban J connectivity index is 0.00000289. The average molecular weight is 573 g/mol. The molecule has 0 bridgehead atoms. The molecule has 1 aromatic carbocycles. The van der Waals surface area contributed by atoms with Crippen molar-refractivity contribution in [2.75, 3.05) is 39.8 Å². The van der Waals surface area contributed by atoms with Crippen LogP contribution in [0.3, 0.4) is 0 Å². The van der Waals surface area contributed by atoms with E-state index in [1.54, 1.807) is 0 Å². The van der Waals surface area contributed by atoms with Crippen molar-refractivity contribution in [3.8, 4) is 0 Å². The van der Waals surface area contributed by atoms with Gasteiger partial charge in [0.15, 0.2) is 5.96 Å². The average Bonchev–Trinajstić information content (AvgIpc) is 3.28. The summed E-state index contributed by atoms with van der Waals surface area (Å²) < 4.78 is 19.5. The van der Waals surface area contributed by atoms with E-state index in [-0.39, 0.29) is 42.0 Å². The molecule has 2 fully saturated rings. The standard InChI is InChI=1S/C24H33FN4OS.HI/c1-18-14-29(17-23(30-18)20-7-9-21(25)10-8-20)24(26-2)27-13-19-5-3-11-28(15-19)16-22-6-4-12-31-22;/h4,6-10,12,18-19,23H,3,5,11,13-17H2,1-2H3,(H,26,27);1H. The lowest BCUT2D eigenvalue weighted by Gasteiger charge is -2.39. The van der Waals surface area contributed by atoms with Gasteiger partial charge in [-0.1, -0.05) is 18.2 Å². The minimum Gasteiger partial charge on any atom is -0.367 e. The van der Waals surface area contributed by atoms with Crippen molar-refractivity contribution in [3.05, 3.63) is 58.0 Å². The molecule has 4 rings (SSSR count). The molecule has 1 aromatic heterocycles. The fourth-order valence-electron chi connectivity index (χ4n) is 4.64. The summed E-state index contributed by atoms with van der Waals surface area (Å²) in [7, 11) is 1.85. The second kappa shape index (κ2) is 12.3. The maximum Gasteiger partial charge on any atom is 0.193 e. The second-order valence-electron chi connectivity index (χ2n) is 8.64. The third-order valence-corrected chi connectivity index (χ3v) is 6.99. The third-order valence-electron chi connectivity index (χ3n) is 6.12. The second-order valence-corrected chi connectivity index (χ2v) is 9.67. The van der Waals surface area contributed by atoms with E-state index in [0.29, 0.717) is 12.5 Å². The van der Waals surface area contributed by atoms with Gasteiger partial charge in [0.05, 0.1) is 12.6 Å². The van der Waals surface area contributed by atoms with Crippen LogP contribution in [0.1, 0.15) is 36.3 Å². The highest BCUT2D eigenvalue weighted by Gasteiger charge is 2.29. The Morgan fingerprint density at radius 1 is 1.22 bits per heavy atom. The molecule has 5 nitrogen and oxygen atoms in total. The molecule has 0 saturated carbocycles. The molecule has 0 spiro atoms. The van der Waals surface area contributed by atoms with Gasteiger partial charge in [-0.3, -0.25) is 9.89 Å². The lowest BCUT2D eigenvalue weighted by atomic mass is 9.98. The van der Waals surface area contributed by atoms with E-state index in [1.165, 1.54) is 36.4 Å². The highest BCUT2D eigenvalue weighted by atomic mass is 127. The van der Waals surface area contributed by atoms with Gasteiger partial charge in [0.25, 0.3) is 0 Å². The number of nitrogens with one attached hydrogen (secondary N) is 1. The summed E-state index contributed by atoms with van der Waals surface area (Å²) in [5.74, 6) is 1.33. The first-order chi connectivity index (χ1) is 15.1. The Kier molecular flexibility index (Phi) is 9.76. The summed E-state index contributed by atoms with van der Waals surface area (Å²) in [5.41, 5.74) is 1.00. The molecule has 2 saturated heterocycles. The topological polar surface area (TPSA) is 40.1 Å². The fourth-order valence-corrected chi connectivity index (χ4v) is 5.38. The number of likely N-dealkylation sites (tertiary alicyclic amines) is 1. The predicted octanol–water partition coefficient (Wildman–Crippen LogP) is 4.75. The summed E-state index contributed by atoms with van der Waals surface area (Å²) in [6.45, 7) is 7.89. The van der Waals surface area contributed by atoms with Crippen LogP contribution in [0.2, 0.25) is 0 Å². The molecule has 8 heteroatoms. The molecule has 3 heterocycles. The summed E-state index contributed by atoms with van der Waals surface area (Å²) in [6.07, 6.45) is 2.50. The zero-order chi connectivity index (χ0) is 21.6. The number of thiophene rings is 1. The van der Waals surface area contributed by atoms with Gasteiger partial charge in [-0.2, -0.15) is 0 Å². The molecule has 0 radical (unpaired) electrons. The Morgan fingerprint density at radius 3 is 2.75 bits per heavy atom. The van der Waals surface area contributed by atoms with Gasteiger partial charge in [0, 0.05) is 38.1 Å². The SMILES string of the molecule is CN=C(NCC1CCCN(Cc2cccs2)C1)N1CC(C)OC(c2ccc(F)cc2)C1.I. The smallest absolute Gasteiger partial charge is 0.193 e. The van der Waals surface area contributed by atoms with Crippen LogP contribution in [0.15, 0.2) is 46.8 Å². The van der Waals surface area contributed by atoms with Crippen LogP contribution in [0.25, 0.3) is 0 Å². The minimum absolute atomic E-state index is 0. The van der Waals surface area contributed by atoms with Crippen molar-refractivity contribution in [2.24, 2.45) is 10.9 Å². The number of hydrogen-bond acceptors (Lipinski definition) is 4. The van der Waals surface area contributed by atoms with Crippen LogP contribution in [-0.4, -0.2) is 61.6 Å². The maximum atomic E-state index is 13.3. The highest BCUT2D eigenvalue weighted by Crippen LogP contribution is 2.26. The number of aliphatic imine (C=N–C) groups is 1. The van der Waals surface area contributed by atoms with Crippen LogP contribution in [0, 0.1) is 11.7 Å². The number of halogens is 2. The third kappa shape index (κ3) is 6.88. The molecule has 0 aliphatic carbocycles. The molecule has 3 atom stereocenters. The number of morpholine rings is 1. The van der Waals surface area contributed by atoms with Crippen molar-refractivity contribution < 1.29 is 9.13 Å². The predicted molar refractivity (Wildman–Crippen MR) is 140 cm³/mol. The lowest BCUT2D eigenvalue weighted by molar-refractivity contribution is -0.0605. The largest absolute Gasteiger partial charge is 0.367 e. The summed E-state index contributed by atoms with van der Waals surface area (Å²) >= 11 is 1.84. The van der Waals surface area contributed by atoms with E-state index in [1.807, 2.05) is 30.5 Å². The molecule has 2 aliphatic heterocycles. The molecular weight excluding hydrogens is 538 g/mol. The van der Waals surface area contributed by atoms with Gasteiger partial charge >= 0.3 is 0 Å². The number of ether oxygens (including phenoxy) is 1. The molecule has 176 valence electrons. The van der Waals surface area contributed by atoms with Gasteiger partial charge < -0.3 is 15.0 Å². The molecule has 2 aliphatic rings. The highest BCUT2D eigenvalue weighted by molar-refractivity contribution is 14.0. The zero-order valence-corrected chi connectivity index (χ0v) is 22.0. The van der Waals surface area contributed by atoms with Crippen molar-refractivity contribution in [2.45, 2.75) is 38.5 Å². The fraction of sp³-hybridized carbons (Fsp3) is 0.542. The first kappa shape index (κ1) is 25.4. The number of rotatable bonds is 5. The van der Waals surface area contributed by atoms with Gasteiger partial charge in [0.1, 0.15) is 11.9 Å². The number of nitrogens with zero attached hydrogens (tertiary/aromatic N) is 3. The van der Waals surface area contributed by atoms with Gasteiger partial charge in [-0.15, -0.1) is 35.3 Å². The van der Waals surface area contributed by atoms with Crippen LogP contribution >= 0.6 is 35.3 Å². The number of piperidine rings is 1. The Morgan fingerprint density at radius 2 is 2.03 bits per heavy atom. The molecule has 0 amide bonds. The van der Waals surface area contributed by atoms with E-state index < -0.39 is 0 Å². The van der Waals surface area contributed by atoms with Crippen LogP contribution < -0.4 is 5.32 Å². The quantitative estimate of drug-likeness (QED) is 0.319. The van der Waals surface area contributed by atoms with Crippen molar-refractivity contribution in [1.82, 2.24) is 15.1 Å². The van der Waals surface area contributed by atoms with Crippen molar-refractivity contribution >= 4 is 41.3 Å². The molecule has 32 heavy (non-hydrogen) atoms. The minimum atomic E-state index is -0.220. The maximum absolute atomic E-state index is 13.3. The first-order valence-electron chi connectivity index (χ1n) is 11.2. The zero-order valence-electron chi connectivity index (χ0n) is 18.9. The Hall–Kier alpha value is -1.23. The number of hydrogen-bond donors (Lipinski definition) is 1. The molecule has 2 aromatic rings. The van der Waals surface area contributed by atoms with Crippen LogP contribution in [0.5, 0.6) is 0 Å². The Labute approximate surface area is 212 Å². The van der Waals surface area contributed by atoms with Gasteiger partial charge in [-0.25, -0.2) is 4.39 Å². The van der Waals surface area contributed by atoms with E-state index >= 15 is 0 Å². The van der Waals surface area contributed by atoms with Gasteiger partial charge in [-0.05, 0) is 61.4 Å². The number of guanidine groups is 1. The van der Waals surface area contributed by atoms with Crippen LogP contribution in [-0.2, 0) is 11.3 Å². The molecule has 3 unspecified atom stereocenters. The van der Waals surface area contributed by atoms with E-state index in [0.717, 1.165) is 37.7 Å². The summed E-state index contributed by atoms with van der Waals surface area (Å²) in [4.78, 5) is 10.8. The van der Waals surface area contributed by atoms with E-state index in [2.05, 4.69) is 44.5 Å². The molecule has 1 N–H and O–H groups in total. The first-order valence-corrected chi connectivity index (χ1v) is 12.1. The Bertz CT molecular complexity index is 848. The lowest BCUT2D eigenvalue weighted by Crippen LogP contribution is -2.52. The normalized spacial score (nSPS) is 24.8. The monoisotopic (exact) mass is 572 g/mol. The van der Waals surface area contributed by atoms with E-state index in [9.17, 15) is 4.39 Å². The van der Waals surface area contributed by atoms with Gasteiger partial charge in [0.2, 0.25) is 0 Å². The van der Waals surface area contributed by atoms with Crippen LogP contribution in [0.4, 0.5) is 4.39 Å².